The van der Waals surface area contributed by atoms with Crippen LogP contribution in [0.4, 0.5) is 5.69 Å². The number of benzene rings is 1. The minimum Gasteiger partial charge on any atom is -0.361 e. The van der Waals surface area contributed by atoms with Gasteiger partial charge in [-0.2, -0.15) is 5.26 Å². The molecule has 0 aliphatic carbocycles. The summed E-state index contributed by atoms with van der Waals surface area (Å²) in [6, 6.07) is 8.10. The third-order valence-corrected chi connectivity index (χ3v) is 3.80. The minimum absolute atomic E-state index is 0.0455. The summed E-state index contributed by atoms with van der Waals surface area (Å²) in [5.74, 6) is 0.873. The van der Waals surface area contributed by atoms with Crippen LogP contribution < -0.4 is 10.2 Å². The zero-order valence-corrected chi connectivity index (χ0v) is 13.1. The number of nitriles is 1. The van der Waals surface area contributed by atoms with Gasteiger partial charge in [0.25, 0.3) is 0 Å². The number of carbonyl (C=O) groups is 1. The Labute approximate surface area is 125 Å². The quantitative estimate of drug-likeness (QED) is 0.785. The van der Waals surface area contributed by atoms with Crippen LogP contribution in [0.3, 0.4) is 0 Å². The van der Waals surface area contributed by atoms with Crippen LogP contribution in [-0.4, -0.2) is 31.8 Å². The molecule has 0 unspecified atom stereocenters. The van der Waals surface area contributed by atoms with Crippen molar-refractivity contribution in [2.75, 3.05) is 30.8 Å². The van der Waals surface area contributed by atoms with Crippen LogP contribution >= 0.6 is 11.8 Å². The Balaban J connectivity index is 3.15. The SMILES string of the molecule is CCCN(CC(=O)NC)c1cccc(SCC)c1C#N. The van der Waals surface area contributed by atoms with Crippen LogP contribution in [-0.2, 0) is 4.79 Å². The van der Waals surface area contributed by atoms with Gasteiger partial charge in [0.15, 0.2) is 0 Å². The number of thioether (sulfide) groups is 1. The van der Waals surface area contributed by atoms with Gasteiger partial charge in [0.2, 0.25) is 5.91 Å². The predicted octanol–water partition coefficient (Wildman–Crippen LogP) is 2.63. The van der Waals surface area contributed by atoms with Crippen LogP contribution in [0.1, 0.15) is 25.8 Å². The molecule has 0 saturated carbocycles. The van der Waals surface area contributed by atoms with Crippen molar-refractivity contribution < 1.29 is 4.79 Å². The van der Waals surface area contributed by atoms with Gasteiger partial charge in [0.05, 0.1) is 17.8 Å². The molecule has 0 atom stereocenters. The molecular weight excluding hydrogens is 270 g/mol. The fourth-order valence-corrected chi connectivity index (χ4v) is 2.76. The minimum atomic E-state index is -0.0455. The number of carbonyl (C=O) groups excluding carboxylic acids is 1. The predicted molar refractivity (Wildman–Crippen MR) is 84.1 cm³/mol. The van der Waals surface area contributed by atoms with E-state index in [9.17, 15) is 10.1 Å². The van der Waals surface area contributed by atoms with Crippen molar-refractivity contribution in [3.8, 4) is 6.07 Å². The van der Waals surface area contributed by atoms with Gasteiger partial charge in [-0.25, -0.2) is 0 Å². The molecule has 0 bridgehead atoms. The third-order valence-electron chi connectivity index (χ3n) is 2.86. The molecule has 0 heterocycles. The summed E-state index contributed by atoms with van der Waals surface area (Å²) in [4.78, 5) is 14.6. The van der Waals surface area contributed by atoms with E-state index in [2.05, 4.69) is 25.2 Å². The summed E-state index contributed by atoms with van der Waals surface area (Å²) < 4.78 is 0. The summed E-state index contributed by atoms with van der Waals surface area (Å²) in [6.07, 6.45) is 0.924. The first kappa shape index (κ1) is 16.4. The Morgan fingerprint density at radius 1 is 1.45 bits per heavy atom. The molecule has 0 aliphatic rings. The van der Waals surface area contributed by atoms with Crippen LogP contribution in [0.25, 0.3) is 0 Å². The molecule has 1 aromatic rings. The third kappa shape index (κ3) is 4.17. The number of nitrogens with one attached hydrogen (secondary N) is 1. The molecule has 0 spiro atoms. The zero-order chi connectivity index (χ0) is 15.0. The molecule has 108 valence electrons. The monoisotopic (exact) mass is 291 g/mol. The van der Waals surface area contributed by atoms with E-state index < -0.39 is 0 Å². The number of amides is 1. The van der Waals surface area contributed by atoms with Gasteiger partial charge in [-0.15, -0.1) is 11.8 Å². The molecule has 4 nitrogen and oxygen atoms in total. The average molecular weight is 291 g/mol. The van der Waals surface area contributed by atoms with E-state index >= 15 is 0 Å². The highest BCUT2D eigenvalue weighted by Crippen LogP contribution is 2.30. The normalized spacial score (nSPS) is 9.90. The highest BCUT2D eigenvalue weighted by Gasteiger charge is 2.16. The number of anilines is 1. The molecule has 1 amide bonds. The lowest BCUT2D eigenvalue weighted by Gasteiger charge is -2.25. The highest BCUT2D eigenvalue weighted by molar-refractivity contribution is 7.99. The summed E-state index contributed by atoms with van der Waals surface area (Å²) in [5.41, 5.74) is 1.51. The second-order valence-corrected chi connectivity index (χ2v) is 5.60. The van der Waals surface area contributed by atoms with Gasteiger partial charge >= 0.3 is 0 Å². The molecule has 0 radical (unpaired) electrons. The number of hydrogen-bond donors (Lipinski definition) is 1. The number of rotatable bonds is 7. The van der Waals surface area contributed by atoms with Crippen molar-refractivity contribution in [2.24, 2.45) is 0 Å². The maximum atomic E-state index is 11.6. The molecule has 0 aromatic heterocycles. The van der Waals surface area contributed by atoms with Gasteiger partial charge in [-0.05, 0) is 24.3 Å². The lowest BCUT2D eigenvalue weighted by atomic mass is 10.1. The van der Waals surface area contributed by atoms with E-state index in [0.717, 1.165) is 29.3 Å². The number of hydrogen-bond acceptors (Lipinski definition) is 4. The van der Waals surface area contributed by atoms with Gasteiger partial charge in [0, 0.05) is 18.5 Å². The topological polar surface area (TPSA) is 56.1 Å². The molecule has 5 heteroatoms. The Morgan fingerprint density at radius 2 is 2.20 bits per heavy atom. The van der Waals surface area contributed by atoms with Gasteiger partial charge < -0.3 is 10.2 Å². The van der Waals surface area contributed by atoms with Crippen molar-refractivity contribution in [2.45, 2.75) is 25.2 Å². The van der Waals surface area contributed by atoms with Crippen LogP contribution in [0, 0.1) is 11.3 Å². The molecule has 1 aromatic carbocycles. The second-order valence-electron chi connectivity index (χ2n) is 4.29. The fraction of sp³-hybridized carbons (Fsp3) is 0.467. The van der Waals surface area contributed by atoms with E-state index in [-0.39, 0.29) is 12.5 Å². The van der Waals surface area contributed by atoms with E-state index in [1.54, 1.807) is 18.8 Å². The van der Waals surface area contributed by atoms with E-state index in [1.807, 2.05) is 23.1 Å². The number of likely N-dealkylation sites (N-methyl/N-ethyl adjacent to an activating group) is 1. The van der Waals surface area contributed by atoms with Crippen molar-refractivity contribution >= 4 is 23.4 Å². The molecule has 0 aliphatic heterocycles. The van der Waals surface area contributed by atoms with Crippen LogP contribution in [0.2, 0.25) is 0 Å². The summed E-state index contributed by atoms with van der Waals surface area (Å²) in [6.45, 7) is 5.15. The average Bonchev–Trinajstić information content (AvgIpc) is 2.46. The Morgan fingerprint density at radius 3 is 2.75 bits per heavy atom. The van der Waals surface area contributed by atoms with E-state index in [1.165, 1.54) is 0 Å². The van der Waals surface area contributed by atoms with Crippen molar-refractivity contribution in [1.29, 1.82) is 5.26 Å². The summed E-state index contributed by atoms with van der Waals surface area (Å²) in [7, 11) is 1.63. The van der Waals surface area contributed by atoms with Crippen molar-refractivity contribution in [1.82, 2.24) is 5.32 Å². The van der Waals surface area contributed by atoms with Gasteiger partial charge in [0.1, 0.15) is 6.07 Å². The standard InChI is InChI=1S/C15H21N3OS/c1-4-9-18(11-15(19)17-3)13-7-6-8-14(20-5-2)12(13)10-16/h6-8H,4-5,9,11H2,1-3H3,(H,17,19). The van der Waals surface area contributed by atoms with E-state index in [4.69, 9.17) is 0 Å². The molecular formula is C15H21N3OS. The maximum Gasteiger partial charge on any atom is 0.239 e. The lowest BCUT2D eigenvalue weighted by molar-refractivity contribution is -0.119. The van der Waals surface area contributed by atoms with Crippen molar-refractivity contribution in [3.63, 3.8) is 0 Å². The van der Waals surface area contributed by atoms with Gasteiger partial charge in [-0.3, -0.25) is 4.79 Å². The first-order valence-corrected chi connectivity index (χ1v) is 7.77. The maximum absolute atomic E-state index is 11.6. The van der Waals surface area contributed by atoms with Crippen LogP contribution in [0.5, 0.6) is 0 Å². The van der Waals surface area contributed by atoms with Crippen LogP contribution in [0.15, 0.2) is 23.1 Å². The van der Waals surface area contributed by atoms with E-state index in [0.29, 0.717) is 5.56 Å². The zero-order valence-electron chi connectivity index (χ0n) is 12.3. The molecule has 1 rings (SSSR count). The Kier molecular flexibility index (Phi) is 6.96. The smallest absolute Gasteiger partial charge is 0.239 e. The first-order chi connectivity index (χ1) is 9.67. The Hall–Kier alpha value is -1.67. The largest absolute Gasteiger partial charge is 0.361 e. The molecule has 0 fully saturated rings. The molecule has 0 saturated heterocycles. The number of nitrogens with zero attached hydrogens (tertiary/aromatic N) is 2. The Bertz CT molecular complexity index is 496. The first-order valence-electron chi connectivity index (χ1n) is 6.79. The summed E-state index contributed by atoms with van der Waals surface area (Å²) in [5, 5.41) is 12.1. The molecule has 1 N–H and O–H groups in total. The highest BCUT2D eigenvalue weighted by atomic mass is 32.2. The lowest BCUT2D eigenvalue weighted by Crippen LogP contribution is -2.36. The fourth-order valence-electron chi connectivity index (χ4n) is 1.98. The van der Waals surface area contributed by atoms with Gasteiger partial charge in [-0.1, -0.05) is 19.9 Å². The molecule has 20 heavy (non-hydrogen) atoms. The summed E-state index contributed by atoms with van der Waals surface area (Å²) >= 11 is 1.65. The second kappa shape index (κ2) is 8.49. The van der Waals surface area contributed by atoms with Crippen molar-refractivity contribution in [3.05, 3.63) is 23.8 Å².